The summed E-state index contributed by atoms with van der Waals surface area (Å²) < 4.78 is 5.70. The van der Waals surface area contributed by atoms with Crippen molar-refractivity contribution in [3.8, 4) is 0 Å². The van der Waals surface area contributed by atoms with Crippen LogP contribution in [-0.2, 0) is 14.3 Å². The van der Waals surface area contributed by atoms with E-state index in [1.165, 1.54) is 20.2 Å². The highest BCUT2D eigenvalue weighted by Gasteiger charge is 2.40. The van der Waals surface area contributed by atoms with E-state index < -0.39 is 17.8 Å². The molecule has 0 saturated carbocycles. The molecule has 2 heterocycles. The number of rotatable bonds is 2. The van der Waals surface area contributed by atoms with Crippen molar-refractivity contribution in [3.05, 3.63) is 23.6 Å². The van der Waals surface area contributed by atoms with E-state index in [0.29, 0.717) is 12.5 Å². The fourth-order valence-electron chi connectivity index (χ4n) is 2.92. The molecule has 0 spiro atoms. The molecule has 126 valence electrons. The fraction of sp³-hybridized carbons (Fsp3) is 0.562. The molecule has 4 amide bonds. The Morgan fingerprint density at radius 2 is 1.57 bits per heavy atom. The number of likely N-dealkylation sites (N-methyl/N-ethyl adjacent to an activating group) is 2. The molecule has 0 radical (unpaired) electrons. The lowest BCUT2D eigenvalue weighted by Gasteiger charge is -2.34. The van der Waals surface area contributed by atoms with E-state index in [2.05, 4.69) is 32.6 Å². The zero-order valence-electron chi connectivity index (χ0n) is 14.4. The number of allylic oxidation sites excluding steroid dienone is 2. The van der Waals surface area contributed by atoms with Gasteiger partial charge in [0.2, 0.25) is 0 Å². The second kappa shape index (κ2) is 5.72. The molecule has 7 nitrogen and oxygen atoms in total. The molecule has 23 heavy (non-hydrogen) atoms. The first-order valence-corrected chi connectivity index (χ1v) is 7.52. The van der Waals surface area contributed by atoms with Crippen molar-refractivity contribution in [1.29, 1.82) is 0 Å². The number of imide groups is 2. The smallest absolute Gasteiger partial charge is 0.333 e. The first kappa shape index (κ1) is 17.1. The van der Waals surface area contributed by atoms with Crippen molar-refractivity contribution in [2.75, 3.05) is 20.7 Å². The van der Waals surface area contributed by atoms with Gasteiger partial charge in [-0.3, -0.25) is 19.4 Å². The number of carbonyl (C=O) groups excluding carboxylic acids is 3. The minimum Gasteiger partial charge on any atom is -0.477 e. The van der Waals surface area contributed by atoms with Gasteiger partial charge in [-0.2, -0.15) is 0 Å². The zero-order chi connectivity index (χ0) is 17.5. The molecular formula is C16H23N3O4. The molecule has 0 aromatic heterocycles. The first-order valence-electron chi connectivity index (χ1n) is 7.52. The van der Waals surface area contributed by atoms with Crippen molar-refractivity contribution >= 4 is 17.8 Å². The van der Waals surface area contributed by atoms with Crippen LogP contribution >= 0.6 is 0 Å². The molecule has 7 heteroatoms. The third-order valence-electron chi connectivity index (χ3n) is 4.02. The maximum Gasteiger partial charge on any atom is 0.333 e. The van der Waals surface area contributed by atoms with Gasteiger partial charge in [0.15, 0.2) is 5.88 Å². The Labute approximate surface area is 136 Å². The fourth-order valence-corrected chi connectivity index (χ4v) is 2.92. The molecule has 0 N–H and O–H groups in total. The lowest BCUT2D eigenvalue weighted by Crippen LogP contribution is -2.53. The third-order valence-corrected chi connectivity index (χ3v) is 4.02. The predicted octanol–water partition coefficient (Wildman–Crippen LogP) is 1.32. The molecule has 0 bridgehead atoms. The molecule has 2 fully saturated rings. The van der Waals surface area contributed by atoms with Crippen molar-refractivity contribution < 1.29 is 19.1 Å². The molecule has 2 rings (SSSR count). The maximum atomic E-state index is 12.1. The Kier molecular flexibility index (Phi) is 4.24. The zero-order valence-corrected chi connectivity index (χ0v) is 14.4. The van der Waals surface area contributed by atoms with Crippen molar-refractivity contribution in [3.63, 3.8) is 0 Å². The van der Waals surface area contributed by atoms with Gasteiger partial charge in [0, 0.05) is 20.1 Å². The molecule has 0 aliphatic carbocycles. The predicted molar refractivity (Wildman–Crippen MR) is 84.1 cm³/mol. The lowest BCUT2D eigenvalue weighted by atomic mass is 10.0. The van der Waals surface area contributed by atoms with E-state index >= 15 is 0 Å². The summed E-state index contributed by atoms with van der Waals surface area (Å²) in [5, 5.41) is 0. The van der Waals surface area contributed by atoms with Crippen LogP contribution < -0.4 is 0 Å². The van der Waals surface area contributed by atoms with Crippen LogP contribution in [0.3, 0.4) is 0 Å². The van der Waals surface area contributed by atoms with Crippen LogP contribution in [-0.4, -0.2) is 64.8 Å². The number of amides is 4. The average molecular weight is 321 g/mol. The van der Waals surface area contributed by atoms with Gasteiger partial charge in [-0.05, 0) is 39.8 Å². The minimum atomic E-state index is -0.633. The molecular weight excluding hydrogens is 298 g/mol. The summed E-state index contributed by atoms with van der Waals surface area (Å²) in [4.78, 5) is 39.9. The van der Waals surface area contributed by atoms with Gasteiger partial charge < -0.3 is 9.64 Å². The Morgan fingerprint density at radius 1 is 1.04 bits per heavy atom. The van der Waals surface area contributed by atoms with Gasteiger partial charge in [-0.1, -0.05) is 0 Å². The third kappa shape index (κ3) is 2.83. The first-order chi connectivity index (χ1) is 10.6. The van der Waals surface area contributed by atoms with Gasteiger partial charge in [-0.15, -0.1) is 0 Å². The van der Waals surface area contributed by atoms with E-state index in [0.717, 1.165) is 9.80 Å². The van der Waals surface area contributed by atoms with Crippen LogP contribution in [0.5, 0.6) is 0 Å². The van der Waals surface area contributed by atoms with E-state index in [1.807, 2.05) is 0 Å². The van der Waals surface area contributed by atoms with Crippen molar-refractivity contribution in [2.45, 2.75) is 39.3 Å². The number of nitrogens with zero attached hydrogens (tertiary/aromatic N) is 3. The minimum absolute atomic E-state index is 0.0564. The van der Waals surface area contributed by atoms with Gasteiger partial charge in [-0.25, -0.2) is 4.79 Å². The summed E-state index contributed by atoms with van der Waals surface area (Å²) in [7, 11) is 2.70. The molecule has 0 unspecified atom stereocenters. The summed E-state index contributed by atoms with van der Waals surface area (Å²) in [6.07, 6.45) is 3.05. The summed E-state index contributed by atoms with van der Waals surface area (Å²) in [5.74, 6) is -0.605. The Morgan fingerprint density at radius 3 is 2.04 bits per heavy atom. The highest BCUT2D eigenvalue weighted by atomic mass is 16.5. The summed E-state index contributed by atoms with van der Waals surface area (Å²) in [5.41, 5.74) is -0.220. The molecule has 2 aliphatic rings. The number of hydrogen-bond donors (Lipinski definition) is 0. The second-order valence-electron chi connectivity index (χ2n) is 6.66. The molecule has 2 saturated heterocycles. The largest absolute Gasteiger partial charge is 0.477 e. The highest BCUT2D eigenvalue weighted by molar-refractivity contribution is 6.28. The van der Waals surface area contributed by atoms with E-state index in [-0.39, 0.29) is 17.2 Å². The van der Waals surface area contributed by atoms with Gasteiger partial charge in [0.05, 0.1) is 5.54 Å². The Bertz CT molecular complexity index is 593. The molecule has 0 aromatic rings. The van der Waals surface area contributed by atoms with Crippen LogP contribution in [0.15, 0.2) is 23.6 Å². The Hall–Kier alpha value is -2.31. The number of carbonyl (C=O) groups is 3. The maximum absolute atomic E-state index is 12.1. The van der Waals surface area contributed by atoms with E-state index in [1.54, 1.807) is 6.08 Å². The lowest BCUT2D eigenvalue weighted by molar-refractivity contribution is -0.134. The SMILES string of the molecule is CC(C)N1/C(=C\C=C2C(=O)N(C)C(=O)N(C)C2=O)OCC1(C)C. The molecule has 0 atom stereocenters. The normalized spacial score (nSPS) is 23.3. The van der Waals surface area contributed by atoms with Crippen LogP contribution in [0, 0.1) is 0 Å². The quantitative estimate of drug-likeness (QED) is 0.567. The number of ether oxygens (including phenoxy) is 1. The average Bonchev–Trinajstić information content (AvgIpc) is 2.78. The van der Waals surface area contributed by atoms with Crippen LogP contribution in [0.2, 0.25) is 0 Å². The van der Waals surface area contributed by atoms with Crippen LogP contribution in [0.4, 0.5) is 4.79 Å². The van der Waals surface area contributed by atoms with Crippen molar-refractivity contribution in [1.82, 2.24) is 14.7 Å². The standard InChI is InChI=1S/C16H23N3O4/c1-10(2)19-12(23-9-16(19,3)4)8-7-11-13(20)17(5)15(22)18(6)14(11)21/h7-8,10H,9H2,1-6H3/b12-8+. The van der Waals surface area contributed by atoms with E-state index in [9.17, 15) is 14.4 Å². The van der Waals surface area contributed by atoms with Crippen LogP contribution in [0.25, 0.3) is 0 Å². The summed E-state index contributed by atoms with van der Waals surface area (Å²) in [6.45, 7) is 8.76. The van der Waals surface area contributed by atoms with Gasteiger partial charge in [0.25, 0.3) is 11.8 Å². The van der Waals surface area contributed by atoms with E-state index in [4.69, 9.17) is 4.74 Å². The van der Waals surface area contributed by atoms with Crippen LogP contribution in [0.1, 0.15) is 27.7 Å². The summed E-state index contributed by atoms with van der Waals surface area (Å²) >= 11 is 0. The monoisotopic (exact) mass is 321 g/mol. The highest BCUT2D eigenvalue weighted by Crippen LogP contribution is 2.32. The van der Waals surface area contributed by atoms with Gasteiger partial charge >= 0.3 is 6.03 Å². The van der Waals surface area contributed by atoms with Crippen molar-refractivity contribution in [2.24, 2.45) is 0 Å². The molecule has 2 aliphatic heterocycles. The second-order valence-corrected chi connectivity index (χ2v) is 6.66. The Balaban J connectivity index is 2.36. The summed E-state index contributed by atoms with van der Waals surface area (Å²) in [6, 6.07) is -0.423. The number of barbiturate groups is 1. The number of hydrogen-bond acceptors (Lipinski definition) is 5. The van der Waals surface area contributed by atoms with Gasteiger partial charge in [0.1, 0.15) is 12.2 Å². The molecule has 0 aromatic carbocycles. The number of urea groups is 1. The topological polar surface area (TPSA) is 70.2 Å².